The van der Waals surface area contributed by atoms with E-state index >= 15 is 0 Å². The number of hydrogen-bond donors (Lipinski definition) is 2. The molecule has 23 heavy (non-hydrogen) atoms. The number of benzene rings is 2. The second-order valence-electron chi connectivity index (χ2n) is 5.50. The molecule has 2 aromatic carbocycles. The van der Waals surface area contributed by atoms with Crippen molar-refractivity contribution in [2.75, 3.05) is 0 Å². The predicted molar refractivity (Wildman–Crippen MR) is 83.9 cm³/mol. The first-order valence-electron chi connectivity index (χ1n) is 7.49. The second-order valence-corrected chi connectivity index (χ2v) is 5.50. The minimum Gasteiger partial charge on any atom is -0.507 e. The normalized spacial score (nSPS) is 14.8. The monoisotopic (exact) mass is 311 g/mol. The van der Waals surface area contributed by atoms with Crippen molar-refractivity contribution in [3.05, 3.63) is 65.7 Å². The molecule has 1 amide bonds. The molecule has 0 aromatic heterocycles. The largest absolute Gasteiger partial charge is 0.507 e. The maximum Gasteiger partial charge on any atom is 0.343 e. The van der Waals surface area contributed by atoms with Crippen molar-refractivity contribution < 1.29 is 19.4 Å². The number of phenolic OH excluding ortho intramolecular Hbond substituents is 1. The molecular weight excluding hydrogens is 294 g/mol. The van der Waals surface area contributed by atoms with Crippen molar-refractivity contribution in [1.82, 2.24) is 5.32 Å². The Kier molecular flexibility index (Phi) is 4.28. The third-order valence-corrected chi connectivity index (χ3v) is 3.61. The summed E-state index contributed by atoms with van der Waals surface area (Å²) in [5.74, 6) is -1.25. The summed E-state index contributed by atoms with van der Waals surface area (Å²) in [5, 5.41) is 12.6. The van der Waals surface area contributed by atoms with Gasteiger partial charge in [0.25, 0.3) is 5.91 Å². The number of esters is 1. The summed E-state index contributed by atoms with van der Waals surface area (Å²) >= 11 is 0. The summed E-state index contributed by atoms with van der Waals surface area (Å²) in [7, 11) is 0. The van der Waals surface area contributed by atoms with E-state index in [1.54, 1.807) is 36.4 Å². The third kappa shape index (κ3) is 3.69. The van der Waals surface area contributed by atoms with Gasteiger partial charge in [-0.3, -0.25) is 4.79 Å². The van der Waals surface area contributed by atoms with Gasteiger partial charge in [0.2, 0.25) is 6.10 Å². The zero-order chi connectivity index (χ0) is 16.2. The molecule has 5 nitrogen and oxygen atoms in total. The quantitative estimate of drug-likeness (QED) is 0.832. The number of aromatic hydroxyl groups is 1. The molecule has 0 aliphatic heterocycles. The topological polar surface area (TPSA) is 75.6 Å². The Balaban J connectivity index is 1.82. The van der Waals surface area contributed by atoms with Gasteiger partial charge in [-0.15, -0.1) is 0 Å². The lowest BCUT2D eigenvalue weighted by Crippen LogP contribution is -2.33. The van der Waals surface area contributed by atoms with Crippen LogP contribution >= 0.6 is 0 Å². The number of amides is 1. The molecular formula is C18H17NO4. The Labute approximate surface area is 133 Å². The molecule has 5 heteroatoms. The lowest BCUT2D eigenvalue weighted by molar-refractivity contribution is -0.130. The molecule has 0 radical (unpaired) electrons. The highest BCUT2D eigenvalue weighted by Crippen LogP contribution is 2.25. The van der Waals surface area contributed by atoms with Crippen molar-refractivity contribution >= 4 is 11.9 Å². The SMILES string of the molecule is O=C(O[C@H](C(=O)NC1CC1)c1ccccc1)c1ccccc1O. The van der Waals surface area contributed by atoms with E-state index in [0.29, 0.717) is 5.56 Å². The van der Waals surface area contributed by atoms with Crippen LogP contribution in [0.2, 0.25) is 0 Å². The van der Waals surface area contributed by atoms with Crippen LogP contribution in [0.1, 0.15) is 34.9 Å². The molecule has 1 aliphatic carbocycles. The van der Waals surface area contributed by atoms with E-state index in [9.17, 15) is 14.7 Å². The Bertz CT molecular complexity index is 710. The minimum atomic E-state index is -1.04. The van der Waals surface area contributed by atoms with E-state index in [-0.39, 0.29) is 23.3 Å². The van der Waals surface area contributed by atoms with E-state index in [4.69, 9.17) is 4.74 Å². The van der Waals surface area contributed by atoms with Crippen LogP contribution in [0.5, 0.6) is 5.75 Å². The Morgan fingerprint density at radius 3 is 2.35 bits per heavy atom. The molecule has 0 heterocycles. The van der Waals surface area contributed by atoms with Gasteiger partial charge >= 0.3 is 5.97 Å². The van der Waals surface area contributed by atoms with E-state index in [2.05, 4.69) is 5.32 Å². The number of ether oxygens (including phenoxy) is 1. The fraction of sp³-hybridized carbons (Fsp3) is 0.222. The number of rotatable bonds is 5. The van der Waals surface area contributed by atoms with Crippen LogP contribution in [0.15, 0.2) is 54.6 Å². The Morgan fingerprint density at radius 2 is 1.70 bits per heavy atom. The predicted octanol–water partition coefficient (Wildman–Crippen LogP) is 2.57. The molecule has 0 unspecified atom stereocenters. The van der Waals surface area contributed by atoms with E-state index < -0.39 is 12.1 Å². The third-order valence-electron chi connectivity index (χ3n) is 3.61. The first-order chi connectivity index (χ1) is 11.1. The highest BCUT2D eigenvalue weighted by Gasteiger charge is 2.31. The van der Waals surface area contributed by atoms with Crippen molar-refractivity contribution in [2.24, 2.45) is 0 Å². The van der Waals surface area contributed by atoms with Crippen molar-refractivity contribution in [3.8, 4) is 5.75 Å². The standard InChI is InChI=1S/C18H17NO4/c20-15-9-5-4-8-14(15)18(22)23-16(12-6-2-1-3-7-12)17(21)19-13-10-11-13/h1-9,13,16,20H,10-11H2,(H,19,21)/t16-/m0/s1. The van der Waals surface area contributed by atoms with Gasteiger partial charge in [0.05, 0.1) is 0 Å². The highest BCUT2D eigenvalue weighted by atomic mass is 16.5. The number of phenols is 1. The molecule has 0 saturated heterocycles. The molecule has 2 N–H and O–H groups in total. The van der Waals surface area contributed by atoms with Gasteiger partial charge in [-0.2, -0.15) is 0 Å². The summed E-state index contributed by atoms with van der Waals surface area (Å²) < 4.78 is 5.38. The maximum atomic E-state index is 12.4. The molecule has 0 spiro atoms. The van der Waals surface area contributed by atoms with Crippen molar-refractivity contribution in [1.29, 1.82) is 0 Å². The molecule has 118 valence electrons. The molecule has 3 rings (SSSR count). The lowest BCUT2D eigenvalue weighted by atomic mass is 10.1. The van der Waals surface area contributed by atoms with Gasteiger partial charge in [0.1, 0.15) is 11.3 Å². The smallest absolute Gasteiger partial charge is 0.343 e. The summed E-state index contributed by atoms with van der Waals surface area (Å²) in [5.41, 5.74) is 0.627. The number of hydrogen-bond acceptors (Lipinski definition) is 4. The van der Waals surface area contributed by atoms with E-state index in [1.165, 1.54) is 12.1 Å². The molecule has 1 saturated carbocycles. The van der Waals surface area contributed by atoms with Gasteiger partial charge in [-0.05, 0) is 25.0 Å². The van der Waals surface area contributed by atoms with Crippen LogP contribution in [0, 0.1) is 0 Å². The maximum absolute atomic E-state index is 12.4. The lowest BCUT2D eigenvalue weighted by Gasteiger charge is -2.18. The summed E-state index contributed by atoms with van der Waals surface area (Å²) in [6.07, 6.45) is 0.852. The Morgan fingerprint density at radius 1 is 1.04 bits per heavy atom. The average Bonchev–Trinajstić information content (AvgIpc) is 3.37. The van der Waals surface area contributed by atoms with E-state index in [0.717, 1.165) is 12.8 Å². The molecule has 0 bridgehead atoms. The first kappa shape index (κ1) is 15.1. The molecule has 2 aromatic rings. The van der Waals surface area contributed by atoms with Crippen LogP contribution < -0.4 is 5.32 Å². The van der Waals surface area contributed by atoms with Gasteiger partial charge in [0.15, 0.2) is 0 Å². The van der Waals surface area contributed by atoms with Crippen LogP contribution in [-0.4, -0.2) is 23.0 Å². The van der Waals surface area contributed by atoms with Gasteiger partial charge in [-0.25, -0.2) is 4.79 Å². The number of carbonyl (C=O) groups excluding carboxylic acids is 2. The van der Waals surface area contributed by atoms with Crippen LogP contribution in [0.3, 0.4) is 0 Å². The van der Waals surface area contributed by atoms with Crippen molar-refractivity contribution in [3.63, 3.8) is 0 Å². The number of carbonyl (C=O) groups is 2. The minimum absolute atomic E-state index is 0.0349. The van der Waals surface area contributed by atoms with Crippen LogP contribution in [0.4, 0.5) is 0 Å². The fourth-order valence-corrected chi connectivity index (χ4v) is 2.22. The number of nitrogens with one attached hydrogen (secondary N) is 1. The van der Waals surface area contributed by atoms with Crippen molar-refractivity contribution in [2.45, 2.75) is 25.0 Å². The summed E-state index contributed by atoms with van der Waals surface area (Å²) in [6, 6.07) is 15.1. The molecule has 1 atom stereocenters. The van der Waals surface area contributed by atoms with Gasteiger partial charge < -0.3 is 15.2 Å². The first-order valence-corrected chi connectivity index (χ1v) is 7.49. The average molecular weight is 311 g/mol. The van der Waals surface area contributed by atoms with Crippen LogP contribution in [0.25, 0.3) is 0 Å². The van der Waals surface area contributed by atoms with Gasteiger partial charge in [-0.1, -0.05) is 42.5 Å². The van der Waals surface area contributed by atoms with E-state index in [1.807, 2.05) is 6.07 Å². The zero-order valence-electron chi connectivity index (χ0n) is 12.4. The fourth-order valence-electron chi connectivity index (χ4n) is 2.22. The second kappa shape index (κ2) is 6.52. The van der Waals surface area contributed by atoms with Gasteiger partial charge in [0, 0.05) is 11.6 Å². The zero-order valence-corrected chi connectivity index (χ0v) is 12.4. The van der Waals surface area contributed by atoms with Crippen LogP contribution in [-0.2, 0) is 9.53 Å². The molecule has 1 aliphatic rings. The molecule has 1 fully saturated rings. The number of para-hydroxylation sites is 1. The summed E-state index contributed by atoms with van der Waals surface area (Å²) in [4.78, 5) is 24.7. The summed E-state index contributed by atoms with van der Waals surface area (Å²) in [6.45, 7) is 0. The highest BCUT2D eigenvalue weighted by molar-refractivity contribution is 5.95. The Hall–Kier alpha value is -2.82.